The Kier molecular flexibility index (Phi) is 4.47. The molecule has 150 valence electrons. The number of rotatable bonds is 4. The molecule has 2 unspecified atom stereocenters. The lowest BCUT2D eigenvalue weighted by Gasteiger charge is -2.36. The first kappa shape index (κ1) is 18.1. The van der Waals surface area contributed by atoms with Gasteiger partial charge in [0.2, 0.25) is 0 Å². The molecule has 5 rings (SSSR count). The number of fused-ring (bicyclic) bond motifs is 2. The van der Waals surface area contributed by atoms with Gasteiger partial charge in [0.05, 0.1) is 17.6 Å². The number of hydrogen-bond donors (Lipinski definition) is 2. The topological polar surface area (TPSA) is 79.1 Å². The maximum absolute atomic E-state index is 10.5. The van der Waals surface area contributed by atoms with Crippen molar-refractivity contribution in [3.63, 3.8) is 0 Å². The first-order valence-electron chi connectivity index (χ1n) is 10.2. The van der Waals surface area contributed by atoms with E-state index in [4.69, 9.17) is 0 Å². The molecule has 7 heteroatoms. The van der Waals surface area contributed by atoms with E-state index in [2.05, 4.69) is 32.6 Å². The maximum Gasteiger partial charge on any atom is 0.151 e. The summed E-state index contributed by atoms with van der Waals surface area (Å²) >= 11 is 0. The van der Waals surface area contributed by atoms with Gasteiger partial charge in [-0.15, -0.1) is 10.2 Å². The standard InChI is InChI=1S/C22H26N6O/c1-14-12-23-28(13-14)17-5-6-19(21(29)11-17)20-7-8-22(26-25-20)27(2)18-9-15-3-4-16(10-18)24-15/h5-8,11-13,15-16,18,24,29H,3-4,9-10H2,1-2H3. The van der Waals surface area contributed by atoms with Gasteiger partial charge >= 0.3 is 0 Å². The smallest absolute Gasteiger partial charge is 0.151 e. The molecule has 0 saturated carbocycles. The molecule has 0 amide bonds. The van der Waals surface area contributed by atoms with Crippen molar-refractivity contribution in [3.05, 3.63) is 48.3 Å². The van der Waals surface area contributed by atoms with Crippen molar-refractivity contribution in [1.82, 2.24) is 25.3 Å². The van der Waals surface area contributed by atoms with E-state index < -0.39 is 0 Å². The summed E-state index contributed by atoms with van der Waals surface area (Å²) < 4.78 is 1.74. The summed E-state index contributed by atoms with van der Waals surface area (Å²) in [6, 6.07) is 11.2. The summed E-state index contributed by atoms with van der Waals surface area (Å²) in [5, 5.41) is 27.4. The summed E-state index contributed by atoms with van der Waals surface area (Å²) in [6.07, 6.45) is 8.60. The molecule has 0 aliphatic carbocycles. The van der Waals surface area contributed by atoms with Crippen LogP contribution in [0.3, 0.4) is 0 Å². The lowest BCUT2D eigenvalue weighted by atomic mass is 9.98. The van der Waals surface area contributed by atoms with Crippen LogP contribution in [0.15, 0.2) is 42.7 Å². The number of benzene rings is 1. The Labute approximate surface area is 170 Å². The van der Waals surface area contributed by atoms with Crippen LogP contribution in [0.2, 0.25) is 0 Å². The molecule has 7 nitrogen and oxygen atoms in total. The Bertz CT molecular complexity index is 1000. The molecule has 4 heterocycles. The summed E-state index contributed by atoms with van der Waals surface area (Å²) in [7, 11) is 2.11. The van der Waals surface area contributed by atoms with Crippen molar-refractivity contribution in [2.45, 2.75) is 50.7 Å². The molecule has 0 radical (unpaired) electrons. The Hall–Kier alpha value is -2.93. The zero-order valence-electron chi connectivity index (χ0n) is 16.8. The van der Waals surface area contributed by atoms with Gasteiger partial charge in [0, 0.05) is 43.0 Å². The molecule has 2 N–H and O–H groups in total. The maximum atomic E-state index is 10.5. The number of aromatic nitrogens is 4. The molecule has 0 spiro atoms. The fourth-order valence-corrected chi connectivity index (χ4v) is 4.62. The lowest BCUT2D eigenvalue weighted by Crippen LogP contribution is -2.47. The van der Waals surface area contributed by atoms with Crippen molar-refractivity contribution in [2.75, 3.05) is 11.9 Å². The molecule has 2 aliphatic heterocycles. The number of aromatic hydroxyl groups is 1. The largest absolute Gasteiger partial charge is 0.507 e. The van der Waals surface area contributed by atoms with Crippen molar-refractivity contribution >= 4 is 5.82 Å². The first-order chi connectivity index (χ1) is 14.1. The second-order valence-electron chi connectivity index (χ2n) is 8.31. The van der Waals surface area contributed by atoms with E-state index in [0.717, 1.165) is 29.9 Å². The SMILES string of the molecule is Cc1cnn(-c2ccc(-c3ccc(N(C)C4CC5CCC(C4)N5)nn3)c(O)c2)c1. The number of piperidine rings is 1. The van der Waals surface area contributed by atoms with E-state index in [9.17, 15) is 5.11 Å². The molecule has 3 aromatic rings. The van der Waals surface area contributed by atoms with Crippen LogP contribution in [0.4, 0.5) is 5.82 Å². The Morgan fingerprint density at radius 1 is 1.10 bits per heavy atom. The minimum absolute atomic E-state index is 0.168. The number of nitrogens with zero attached hydrogens (tertiary/aromatic N) is 5. The van der Waals surface area contributed by atoms with E-state index >= 15 is 0 Å². The second-order valence-corrected chi connectivity index (χ2v) is 8.31. The molecule has 2 fully saturated rings. The third-order valence-corrected chi connectivity index (χ3v) is 6.24. The number of phenols is 1. The predicted molar refractivity (Wildman–Crippen MR) is 112 cm³/mol. The number of aryl methyl sites for hydroxylation is 1. The van der Waals surface area contributed by atoms with Crippen LogP contribution in [0.1, 0.15) is 31.2 Å². The Morgan fingerprint density at radius 3 is 2.52 bits per heavy atom. The lowest BCUT2D eigenvalue weighted by molar-refractivity contribution is 0.353. The molecule has 29 heavy (non-hydrogen) atoms. The molecule has 2 bridgehead atoms. The van der Waals surface area contributed by atoms with Gasteiger partial charge < -0.3 is 15.3 Å². The molecular weight excluding hydrogens is 364 g/mol. The average molecular weight is 390 g/mol. The van der Waals surface area contributed by atoms with E-state index in [-0.39, 0.29) is 5.75 Å². The van der Waals surface area contributed by atoms with E-state index in [1.165, 1.54) is 12.8 Å². The number of phenolic OH excluding ortho intramolecular Hbond substituents is 1. The summed E-state index contributed by atoms with van der Waals surface area (Å²) in [6.45, 7) is 1.99. The predicted octanol–water partition coefficient (Wildman–Crippen LogP) is 3.06. The van der Waals surface area contributed by atoms with E-state index in [1.807, 2.05) is 37.4 Å². The van der Waals surface area contributed by atoms with Crippen molar-refractivity contribution < 1.29 is 5.11 Å². The normalized spacial score (nSPS) is 23.3. The molecule has 2 aromatic heterocycles. The van der Waals surface area contributed by atoms with Gasteiger partial charge in [0.15, 0.2) is 5.82 Å². The van der Waals surface area contributed by atoms with Crippen LogP contribution in [-0.4, -0.2) is 50.3 Å². The monoisotopic (exact) mass is 390 g/mol. The second kappa shape index (κ2) is 7.15. The van der Waals surface area contributed by atoms with Crippen LogP contribution < -0.4 is 10.2 Å². The Balaban J connectivity index is 1.34. The van der Waals surface area contributed by atoms with E-state index in [0.29, 0.717) is 29.4 Å². The highest BCUT2D eigenvalue weighted by atomic mass is 16.3. The van der Waals surface area contributed by atoms with Gasteiger partial charge in [-0.2, -0.15) is 5.10 Å². The third-order valence-electron chi connectivity index (χ3n) is 6.24. The fourth-order valence-electron chi connectivity index (χ4n) is 4.62. The van der Waals surface area contributed by atoms with Gasteiger partial charge in [-0.05, 0) is 62.4 Å². The minimum atomic E-state index is 0.168. The molecule has 2 aliphatic rings. The zero-order chi connectivity index (χ0) is 20.0. The first-order valence-corrected chi connectivity index (χ1v) is 10.2. The van der Waals surface area contributed by atoms with Crippen LogP contribution in [0.25, 0.3) is 16.9 Å². The van der Waals surface area contributed by atoms with Gasteiger partial charge in [-0.3, -0.25) is 0 Å². The summed E-state index contributed by atoms with van der Waals surface area (Å²) in [5.41, 5.74) is 3.21. The summed E-state index contributed by atoms with van der Waals surface area (Å²) in [5.74, 6) is 1.05. The number of hydrogen-bond acceptors (Lipinski definition) is 6. The number of nitrogens with one attached hydrogen (secondary N) is 1. The minimum Gasteiger partial charge on any atom is -0.507 e. The molecular formula is C22H26N6O. The highest BCUT2D eigenvalue weighted by Crippen LogP contribution is 2.32. The van der Waals surface area contributed by atoms with Gasteiger partial charge in [0.25, 0.3) is 0 Å². The molecule has 1 aromatic carbocycles. The summed E-state index contributed by atoms with van der Waals surface area (Å²) in [4.78, 5) is 2.26. The van der Waals surface area contributed by atoms with Crippen molar-refractivity contribution in [2.24, 2.45) is 0 Å². The van der Waals surface area contributed by atoms with Gasteiger partial charge in [-0.25, -0.2) is 4.68 Å². The van der Waals surface area contributed by atoms with Crippen LogP contribution in [0, 0.1) is 6.92 Å². The fraction of sp³-hybridized carbons (Fsp3) is 0.409. The van der Waals surface area contributed by atoms with Crippen molar-refractivity contribution in [3.8, 4) is 22.7 Å². The molecule has 2 saturated heterocycles. The van der Waals surface area contributed by atoms with Crippen molar-refractivity contribution in [1.29, 1.82) is 0 Å². The quantitative estimate of drug-likeness (QED) is 0.713. The average Bonchev–Trinajstić information content (AvgIpc) is 3.32. The zero-order valence-corrected chi connectivity index (χ0v) is 16.8. The Morgan fingerprint density at radius 2 is 1.90 bits per heavy atom. The van der Waals surface area contributed by atoms with Gasteiger partial charge in [0.1, 0.15) is 5.75 Å². The van der Waals surface area contributed by atoms with E-state index in [1.54, 1.807) is 16.9 Å². The van der Waals surface area contributed by atoms with Crippen LogP contribution in [0.5, 0.6) is 5.75 Å². The third kappa shape index (κ3) is 3.46. The molecule has 2 atom stereocenters. The highest BCUT2D eigenvalue weighted by Gasteiger charge is 2.35. The van der Waals surface area contributed by atoms with Crippen LogP contribution in [-0.2, 0) is 0 Å². The van der Waals surface area contributed by atoms with Gasteiger partial charge in [-0.1, -0.05) is 0 Å². The number of anilines is 1. The highest BCUT2D eigenvalue weighted by molar-refractivity contribution is 5.69. The van der Waals surface area contributed by atoms with Crippen LogP contribution >= 0.6 is 0 Å².